The van der Waals surface area contributed by atoms with E-state index in [9.17, 15) is 10.1 Å². The number of hydrogen-bond acceptors (Lipinski definition) is 6. The molecule has 1 aromatic heterocycles. The fraction of sp³-hybridized carbons (Fsp3) is 0.385. The molecule has 2 N–H and O–H groups in total. The van der Waals surface area contributed by atoms with E-state index in [1.807, 2.05) is 6.92 Å². The minimum Gasteiger partial charge on any atom is -0.380 e. The lowest BCUT2D eigenvalue weighted by molar-refractivity contribution is -0.383. The summed E-state index contributed by atoms with van der Waals surface area (Å²) in [5.74, 6) is 0. The maximum Gasteiger partial charge on any atom is 0.315 e. The molecule has 0 aliphatic heterocycles. The van der Waals surface area contributed by atoms with Crippen LogP contribution in [0.15, 0.2) is 30.6 Å². The zero-order valence-electron chi connectivity index (χ0n) is 11.8. The molecule has 0 amide bonds. The number of benzene rings is 1. The summed E-state index contributed by atoms with van der Waals surface area (Å²) in [6.45, 7) is 3.88. The van der Waals surface area contributed by atoms with E-state index >= 15 is 0 Å². The Hall–Kier alpha value is -2.64. The third-order valence-electron chi connectivity index (χ3n) is 2.94. The first-order chi connectivity index (χ1) is 10.2. The van der Waals surface area contributed by atoms with Crippen LogP contribution in [0.25, 0.3) is 0 Å². The van der Waals surface area contributed by atoms with Gasteiger partial charge in [0, 0.05) is 25.8 Å². The molecule has 0 atom stereocenters. The average Bonchev–Trinajstić information content (AvgIpc) is 2.97. The van der Waals surface area contributed by atoms with Crippen molar-refractivity contribution in [1.82, 2.24) is 15.0 Å². The highest BCUT2D eigenvalue weighted by Gasteiger charge is 2.18. The summed E-state index contributed by atoms with van der Waals surface area (Å²) in [7, 11) is 0. The summed E-state index contributed by atoms with van der Waals surface area (Å²) in [4.78, 5) is 10.9. The molecule has 0 saturated heterocycles. The largest absolute Gasteiger partial charge is 0.380 e. The van der Waals surface area contributed by atoms with E-state index in [-0.39, 0.29) is 10.6 Å². The normalized spacial score (nSPS) is 10.3. The Morgan fingerprint density at radius 1 is 1.33 bits per heavy atom. The molecule has 1 heterocycles. The standard InChI is InChI=1S/C13H18N6O2/c1-2-14-11-5-3-6-12(13(11)19(20)21)15-7-4-9-18-10-8-16-17-18/h3,5-6,8,10,14-15H,2,4,7,9H2,1H3. The molecule has 0 saturated carbocycles. The summed E-state index contributed by atoms with van der Waals surface area (Å²) < 4.78 is 1.73. The molecule has 21 heavy (non-hydrogen) atoms. The first kappa shape index (κ1) is 14.8. The van der Waals surface area contributed by atoms with Gasteiger partial charge in [-0.15, -0.1) is 5.10 Å². The highest BCUT2D eigenvalue weighted by Crippen LogP contribution is 2.32. The van der Waals surface area contributed by atoms with E-state index in [0.29, 0.717) is 31.0 Å². The smallest absolute Gasteiger partial charge is 0.315 e. The summed E-state index contributed by atoms with van der Waals surface area (Å²) in [6.07, 6.45) is 4.21. The van der Waals surface area contributed by atoms with E-state index in [2.05, 4.69) is 20.9 Å². The van der Waals surface area contributed by atoms with Crippen LogP contribution in [0.3, 0.4) is 0 Å². The number of aromatic nitrogens is 3. The van der Waals surface area contributed by atoms with Crippen LogP contribution in [0, 0.1) is 10.1 Å². The molecule has 112 valence electrons. The topological polar surface area (TPSA) is 97.9 Å². The Kier molecular flexibility index (Phi) is 5.08. The molecule has 0 unspecified atom stereocenters. The summed E-state index contributed by atoms with van der Waals surface area (Å²) in [5, 5.41) is 24.9. The molecule has 0 fully saturated rings. The van der Waals surface area contributed by atoms with Gasteiger partial charge in [-0.2, -0.15) is 0 Å². The lowest BCUT2D eigenvalue weighted by atomic mass is 10.2. The van der Waals surface area contributed by atoms with Crippen molar-refractivity contribution in [3.8, 4) is 0 Å². The summed E-state index contributed by atoms with van der Waals surface area (Å²) >= 11 is 0. The van der Waals surface area contributed by atoms with Gasteiger partial charge >= 0.3 is 5.69 Å². The van der Waals surface area contributed by atoms with E-state index in [1.165, 1.54) is 0 Å². The van der Waals surface area contributed by atoms with E-state index in [4.69, 9.17) is 0 Å². The predicted molar refractivity (Wildman–Crippen MR) is 80.4 cm³/mol. The van der Waals surface area contributed by atoms with Gasteiger partial charge < -0.3 is 10.6 Å². The maximum absolute atomic E-state index is 11.2. The number of nitro groups is 1. The molecule has 2 aromatic rings. The Balaban J connectivity index is 1.98. The molecule has 0 spiro atoms. The lowest BCUT2D eigenvalue weighted by Crippen LogP contribution is -2.10. The van der Waals surface area contributed by atoms with Crippen molar-refractivity contribution >= 4 is 17.1 Å². The second-order valence-corrected chi connectivity index (χ2v) is 4.44. The monoisotopic (exact) mass is 290 g/mol. The Morgan fingerprint density at radius 2 is 2.10 bits per heavy atom. The highest BCUT2D eigenvalue weighted by molar-refractivity contribution is 5.76. The van der Waals surface area contributed by atoms with Gasteiger partial charge in [-0.25, -0.2) is 0 Å². The van der Waals surface area contributed by atoms with Crippen LogP contribution in [0.4, 0.5) is 17.1 Å². The van der Waals surface area contributed by atoms with Crippen molar-refractivity contribution in [3.63, 3.8) is 0 Å². The molecule has 8 nitrogen and oxygen atoms in total. The minimum atomic E-state index is -0.363. The minimum absolute atomic E-state index is 0.0834. The van der Waals surface area contributed by atoms with Crippen LogP contribution in [0.1, 0.15) is 13.3 Å². The third-order valence-corrected chi connectivity index (χ3v) is 2.94. The maximum atomic E-state index is 11.2. The number of nitrogens with zero attached hydrogens (tertiary/aromatic N) is 4. The van der Waals surface area contributed by atoms with Crippen molar-refractivity contribution in [2.24, 2.45) is 0 Å². The number of hydrogen-bond donors (Lipinski definition) is 2. The van der Waals surface area contributed by atoms with Crippen LogP contribution < -0.4 is 10.6 Å². The zero-order valence-corrected chi connectivity index (χ0v) is 11.8. The van der Waals surface area contributed by atoms with Gasteiger partial charge in [-0.3, -0.25) is 14.8 Å². The Morgan fingerprint density at radius 3 is 2.71 bits per heavy atom. The first-order valence-electron chi connectivity index (χ1n) is 6.81. The van der Waals surface area contributed by atoms with Crippen LogP contribution >= 0.6 is 0 Å². The van der Waals surface area contributed by atoms with Gasteiger partial charge in [0.05, 0.1) is 11.1 Å². The summed E-state index contributed by atoms with van der Waals surface area (Å²) in [5.41, 5.74) is 1.14. The molecule has 2 rings (SSSR count). The molecule has 0 bridgehead atoms. The molecule has 0 aliphatic rings. The lowest BCUT2D eigenvalue weighted by Gasteiger charge is -2.10. The Labute approximate surface area is 122 Å². The number of para-hydroxylation sites is 1. The number of nitro benzene ring substituents is 1. The van der Waals surface area contributed by atoms with Crippen LogP contribution in [0.5, 0.6) is 0 Å². The fourth-order valence-corrected chi connectivity index (χ4v) is 2.03. The van der Waals surface area contributed by atoms with Gasteiger partial charge in [0.2, 0.25) is 0 Å². The van der Waals surface area contributed by atoms with Crippen molar-refractivity contribution in [3.05, 3.63) is 40.7 Å². The van der Waals surface area contributed by atoms with Gasteiger partial charge in [0.1, 0.15) is 11.4 Å². The van der Waals surface area contributed by atoms with Crippen molar-refractivity contribution in [1.29, 1.82) is 0 Å². The van der Waals surface area contributed by atoms with Gasteiger partial charge in [0.25, 0.3) is 0 Å². The van der Waals surface area contributed by atoms with E-state index < -0.39 is 0 Å². The molecule has 1 aromatic carbocycles. The quantitative estimate of drug-likeness (QED) is 0.439. The molecule has 0 aliphatic carbocycles. The molecule has 8 heteroatoms. The van der Waals surface area contributed by atoms with Crippen molar-refractivity contribution in [2.75, 3.05) is 23.7 Å². The number of rotatable bonds is 8. The first-order valence-corrected chi connectivity index (χ1v) is 6.81. The highest BCUT2D eigenvalue weighted by atomic mass is 16.6. The van der Waals surface area contributed by atoms with E-state index in [0.717, 1.165) is 6.42 Å². The van der Waals surface area contributed by atoms with Gasteiger partial charge in [-0.05, 0) is 25.5 Å². The van der Waals surface area contributed by atoms with E-state index in [1.54, 1.807) is 35.3 Å². The molecular weight excluding hydrogens is 272 g/mol. The number of nitrogens with one attached hydrogen (secondary N) is 2. The van der Waals surface area contributed by atoms with Crippen molar-refractivity contribution in [2.45, 2.75) is 19.9 Å². The third kappa shape index (κ3) is 3.91. The predicted octanol–water partition coefficient (Wildman–Crippen LogP) is 2.12. The SMILES string of the molecule is CCNc1cccc(NCCCn2ccnn2)c1[N+](=O)[O-]. The van der Waals surface area contributed by atoms with Gasteiger partial charge in [0.15, 0.2) is 0 Å². The van der Waals surface area contributed by atoms with Crippen LogP contribution in [-0.2, 0) is 6.54 Å². The molecular formula is C13H18N6O2. The Bertz CT molecular complexity index is 584. The summed E-state index contributed by atoms with van der Waals surface area (Å²) in [6, 6.07) is 5.22. The molecule has 0 radical (unpaired) electrons. The zero-order chi connectivity index (χ0) is 15.1. The average molecular weight is 290 g/mol. The number of aryl methyl sites for hydroxylation is 1. The second kappa shape index (κ2) is 7.22. The van der Waals surface area contributed by atoms with Crippen LogP contribution in [-0.4, -0.2) is 33.0 Å². The van der Waals surface area contributed by atoms with Crippen molar-refractivity contribution < 1.29 is 4.92 Å². The fourth-order valence-electron chi connectivity index (χ4n) is 2.03. The second-order valence-electron chi connectivity index (χ2n) is 4.44. The number of anilines is 2. The van der Waals surface area contributed by atoms with Crippen LogP contribution in [0.2, 0.25) is 0 Å². The van der Waals surface area contributed by atoms with Gasteiger partial charge in [-0.1, -0.05) is 11.3 Å².